The van der Waals surface area contributed by atoms with Crippen molar-refractivity contribution in [3.05, 3.63) is 29.8 Å². The van der Waals surface area contributed by atoms with E-state index < -0.39 is 6.10 Å². The molecule has 2 unspecified atom stereocenters. The van der Waals surface area contributed by atoms with Crippen LogP contribution in [0.3, 0.4) is 0 Å². The van der Waals surface area contributed by atoms with E-state index in [2.05, 4.69) is 11.8 Å². The Bertz CT molecular complexity index is 405. The van der Waals surface area contributed by atoms with Gasteiger partial charge in [0.2, 0.25) is 0 Å². The van der Waals surface area contributed by atoms with Crippen molar-refractivity contribution in [3.8, 4) is 5.75 Å². The zero-order valence-electron chi connectivity index (χ0n) is 12.6. The van der Waals surface area contributed by atoms with Crippen molar-refractivity contribution in [3.63, 3.8) is 0 Å². The van der Waals surface area contributed by atoms with Gasteiger partial charge in [0.1, 0.15) is 5.75 Å². The Balaban J connectivity index is 1.93. The van der Waals surface area contributed by atoms with Gasteiger partial charge in [-0.1, -0.05) is 12.1 Å². The van der Waals surface area contributed by atoms with Crippen molar-refractivity contribution in [1.82, 2.24) is 4.90 Å². The second-order valence-corrected chi connectivity index (χ2v) is 5.67. The average molecular weight is 279 g/mol. The van der Waals surface area contributed by atoms with Crippen LogP contribution >= 0.6 is 0 Å². The molecule has 1 aromatic rings. The van der Waals surface area contributed by atoms with Crippen molar-refractivity contribution in [2.45, 2.75) is 39.0 Å². The molecule has 0 amide bonds. The number of rotatable bonds is 5. The largest absolute Gasteiger partial charge is 0.491 e. The normalized spacial score (nSPS) is 21.9. The first kappa shape index (κ1) is 15.3. The van der Waals surface area contributed by atoms with E-state index in [1.165, 1.54) is 0 Å². The highest BCUT2D eigenvalue weighted by Crippen LogP contribution is 2.21. The quantitative estimate of drug-likeness (QED) is 0.897. The Morgan fingerprint density at radius 1 is 1.35 bits per heavy atom. The number of aliphatic hydroxyl groups is 1. The molecular formula is C16H25NO3. The van der Waals surface area contributed by atoms with Crippen LogP contribution in [-0.2, 0) is 4.74 Å². The molecule has 1 saturated heterocycles. The molecule has 4 heteroatoms. The third-order valence-corrected chi connectivity index (χ3v) is 3.55. The molecule has 1 N–H and O–H groups in total. The molecule has 0 bridgehead atoms. The first-order valence-electron chi connectivity index (χ1n) is 7.32. The molecule has 1 aliphatic heterocycles. The summed E-state index contributed by atoms with van der Waals surface area (Å²) >= 11 is 0. The monoisotopic (exact) mass is 279 g/mol. The van der Waals surface area contributed by atoms with Crippen LogP contribution in [0.25, 0.3) is 0 Å². The fourth-order valence-corrected chi connectivity index (χ4v) is 2.40. The van der Waals surface area contributed by atoms with Crippen LogP contribution in [0.4, 0.5) is 0 Å². The summed E-state index contributed by atoms with van der Waals surface area (Å²) in [5.41, 5.74) is 0.930. The highest BCUT2D eigenvalue weighted by Gasteiger charge is 2.21. The van der Waals surface area contributed by atoms with Crippen LogP contribution in [0, 0.1) is 0 Å². The van der Waals surface area contributed by atoms with Crippen LogP contribution in [0.15, 0.2) is 24.3 Å². The number of hydrogen-bond acceptors (Lipinski definition) is 4. The zero-order valence-corrected chi connectivity index (χ0v) is 12.6. The maximum absolute atomic E-state index is 10.3. The molecule has 20 heavy (non-hydrogen) atoms. The Morgan fingerprint density at radius 2 is 2.05 bits per heavy atom. The smallest absolute Gasteiger partial charge is 0.119 e. The topological polar surface area (TPSA) is 41.9 Å². The predicted octanol–water partition coefficient (Wildman–Crippen LogP) is 2.23. The van der Waals surface area contributed by atoms with Gasteiger partial charge < -0.3 is 14.6 Å². The first-order valence-corrected chi connectivity index (χ1v) is 7.32. The number of nitrogens with zero attached hydrogens (tertiary/aromatic N) is 1. The van der Waals surface area contributed by atoms with Crippen LogP contribution in [0.5, 0.6) is 5.75 Å². The van der Waals surface area contributed by atoms with Gasteiger partial charge in [-0.2, -0.15) is 0 Å². The van der Waals surface area contributed by atoms with Gasteiger partial charge >= 0.3 is 0 Å². The molecular weight excluding hydrogens is 254 g/mol. The Morgan fingerprint density at radius 3 is 2.65 bits per heavy atom. The second kappa shape index (κ2) is 7.07. The molecule has 2 atom stereocenters. The Hall–Kier alpha value is -1.10. The van der Waals surface area contributed by atoms with E-state index in [1.807, 2.05) is 38.1 Å². The summed E-state index contributed by atoms with van der Waals surface area (Å²) in [5.74, 6) is 0.843. The summed E-state index contributed by atoms with van der Waals surface area (Å²) in [6, 6.07) is 8.07. The van der Waals surface area contributed by atoms with Gasteiger partial charge in [-0.25, -0.2) is 0 Å². The van der Waals surface area contributed by atoms with Gasteiger partial charge in [-0.15, -0.1) is 0 Å². The fraction of sp³-hybridized carbons (Fsp3) is 0.625. The Kier molecular flexibility index (Phi) is 5.40. The van der Waals surface area contributed by atoms with Crippen LogP contribution in [0.1, 0.15) is 32.4 Å². The molecule has 112 valence electrons. The minimum atomic E-state index is -0.469. The SMILES string of the molecule is CC(C)Oc1ccc(C(O)CN2CCOCC2C)cc1. The van der Waals surface area contributed by atoms with Crippen molar-refractivity contribution in [1.29, 1.82) is 0 Å². The number of morpholine rings is 1. The lowest BCUT2D eigenvalue weighted by atomic mass is 10.1. The summed E-state index contributed by atoms with van der Waals surface area (Å²) in [7, 11) is 0. The molecule has 0 aliphatic carbocycles. The summed E-state index contributed by atoms with van der Waals surface area (Å²) in [5, 5.41) is 10.3. The molecule has 0 saturated carbocycles. The van der Waals surface area contributed by atoms with Crippen molar-refractivity contribution in [2.75, 3.05) is 26.3 Å². The van der Waals surface area contributed by atoms with E-state index in [0.29, 0.717) is 12.6 Å². The molecule has 1 heterocycles. The minimum Gasteiger partial charge on any atom is -0.491 e. The molecule has 0 radical (unpaired) electrons. The third-order valence-electron chi connectivity index (χ3n) is 3.55. The molecule has 0 aromatic heterocycles. The van der Waals surface area contributed by atoms with Crippen LogP contribution < -0.4 is 4.74 Å². The van der Waals surface area contributed by atoms with Gasteiger partial charge in [0.15, 0.2) is 0 Å². The first-order chi connectivity index (χ1) is 9.56. The van der Waals surface area contributed by atoms with Gasteiger partial charge in [0, 0.05) is 19.1 Å². The second-order valence-electron chi connectivity index (χ2n) is 5.67. The van der Waals surface area contributed by atoms with E-state index in [1.54, 1.807) is 0 Å². The van der Waals surface area contributed by atoms with Crippen molar-refractivity contribution >= 4 is 0 Å². The fourth-order valence-electron chi connectivity index (χ4n) is 2.40. The molecule has 2 rings (SSSR count). The molecule has 4 nitrogen and oxygen atoms in total. The maximum Gasteiger partial charge on any atom is 0.119 e. The number of hydrogen-bond donors (Lipinski definition) is 1. The van der Waals surface area contributed by atoms with Crippen LogP contribution in [-0.4, -0.2) is 48.5 Å². The lowest BCUT2D eigenvalue weighted by Crippen LogP contribution is -2.45. The summed E-state index contributed by atoms with van der Waals surface area (Å²) in [4.78, 5) is 2.27. The van der Waals surface area contributed by atoms with Crippen molar-refractivity contribution in [2.24, 2.45) is 0 Å². The highest BCUT2D eigenvalue weighted by molar-refractivity contribution is 5.28. The number of ether oxygens (including phenoxy) is 2. The molecule has 0 spiro atoms. The molecule has 1 aromatic carbocycles. The highest BCUT2D eigenvalue weighted by atomic mass is 16.5. The summed E-state index contributed by atoms with van der Waals surface area (Å²) in [6.07, 6.45) is -0.302. The van der Waals surface area contributed by atoms with E-state index in [-0.39, 0.29) is 6.10 Å². The standard InChI is InChI=1S/C16H25NO3/c1-12(2)20-15-6-4-14(5-7-15)16(18)10-17-8-9-19-11-13(17)3/h4-7,12-13,16,18H,8-11H2,1-3H3. The number of aliphatic hydroxyl groups excluding tert-OH is 1. The molecule has 1 fully saturated rings. The van der Waals surface area contributed by atoms with E-state index in [9.17, 15) is 5.11 Å². The van der Waals surface area contributed by atoms with Gasteiger partial charge in [0.25, 0.3) is 0 Å². The van der Waals surface area contributed by atoms with E-state index in [0.717, 1.165) is 31.1 Å². The van der Waals surface area contributed by atoms with Crippen LogP contribution in [0.2, 0.25) is 0 Å². The lowest BCUT2D eigenvalue weighted by Gasteiger charge is -2.34. The lowest BCUT2D eigenvalue weighted by molar-refractivity contribution is -0.0203. The van der Waals surface area contributed by atoms with Gasteiger partial charge in [-0.3, -0.25) is 4.90 Å². The van der Waals surface area contributed by atoms with E-state index in [4.69, 9.17) is 9.47 Å². The number of β-amino-alcohol motifs (C(OH)–C–C–N with tert-alkyl or cyclic N) is 1. The van der Waals surface area contributed by atoms with Crippen molar-refractivity contribution < 1.29 is 14.6 Å². The third kappa shape index (κ3) is 4.20. The zero-order chi connectivity index (χ0) is 14.5. The average Bonchev–Trinajstić information content (AvgIpc) is 2.41. The summed E-state index contributed by atoms with van der Waals surface area (Å²) < 4.78 is 11.0. The van der Waals surface area contributed by atoms with Gasteiger partial charge in [-0.05, 0) is 38.5 Å². The van der Waals surface area contributed by atoms with Gasteiger partial charge in [0.05, 0.1) is 25.4 Å². The Labute approximate surface area is 121 Å². The maximum atomic E-state index is 10.3. The predicted molar refractivity (Wildman–Crippen MR) is 79.0 cm³/mol. The minimum absolute atomic E-state index is 0.167. The van der Waals surface area contributed by atoms with E-state index >= 15 is 0 Å². The number of benzene rings is 1. The summed E-state index contributed by atoms with van der Waals surface area (Å²) in [6.45, 7) is 9.16. The molecule has 1 aliphatic rings.